The van der Waals surface area contributed by atoms with Crippen molar-refractivity contribution in [3.8, 4) is 5.75 Å². The minimum absolute atomic E-state index is 0.0266. The van der Waals surface area contributed by atoms with Crippen molar-refractivity contribution < 1.29 is 9.53 Å². The summed E-state index contributed by atoms with van der Waals surface area (Å²) in [7, 11) is 0. The van der Waals surface area contributed by atoms with Gasteiger partial charge in [-0.1, -0.05) is 12.1 Å². The molecule has 0 N–H and O–H groups in total. The van der Waals surface area contributed by atoms with Gasteiger partial charge in [0.05, 0.1) is 0 Å². The van der Waals surface area contributed by atoms with Crippen LogP contribution in [0.3, 0.4) is 0 Å². The van der Waals surface area contributed by atoms with E-state index < -0.39 is 0 Å². The summed E-state index contributed by atoms with van der Waals surface area (Å²) in [6, 6.07) is 7.94. The first-order chi connectivity index (χ1) is 13.6. The standard InChI is InChI=1S/C22H30N4O2/c1-17-4-5-18(2)21(14-17)28-16-26-11-8-20(23-26)22(27)25-10-3-9-24(12-13-25)15-19-6-7-19/h4-5,8,11,14,19H,3,6-7,9-10,12-13,15-16H2,1-2H3. The third kappa shape index (κ3) is 4.73. The van der Waals surface area contributed by atoms with Crippen molar-refractivity contribution in [3.05, 3.63) is 47.3 Å². The highest BCUT2D eigenvalue weighted by molar-refractivity contribution is 5.92. The van der Waals surface area contributed by atoms with Crippen LogP contribution in [0.2, 0.25) is 0 Å². The van der Waals surface area contributed by atoms with Gasteiger partial charge in [-0.25, -0.2) is 4.68 Å². The molecule has 4 rings (SSSR count). The van der Waals surface area contributed by atoms with Crippen LogP contribution >= 0.6 is 0 Å². The van der Waals surface area contributed by atoms with Crippen molar-refractivity contribution in [2.45, 2.75) is 39.8 Å². The molecule has 2 aromatic rings. The molecule has 1 aliphatic heterocycles. The highest BCUT2D eigenvalue weighted by Crippen LogP contribution is 2.30. The van der Waals surface area contributed by atoms with Crippen LogP contribution in [0.15, 0.2) is 30.5 Å². The molecule has 0 spiro atoms. The van der Waals surface area contributed by atoms with E-state index in [1.165, 1.54) is 19.4 Å². The lowest BCUT2D eigenvalue weighted by molar-refractivity contribution is 0.0753. The maximum Gasteiger partial charge on any atom is 0.274 e. The van der Waals surface area contributed by atoms with Crippen LogP contribution in [0.5, 0.6) is 5.75 Å². The van der Waals surface area contributed by atoms with Gasteiger partial charge < -0.3 is 14.5 Å². The maximum atomic E-state index is 12.9. The lowest BCUT2D eigenvalue weighted by Gasteiger charge is -2.21. The van der Waals surface area contributed by atoms with E-state index in [0.29, 0.717) is 12.4 Å². The third-order valence-corrected chi connectivity index (χ3v) is 5.64. The number of nitrogens with zero attached hydrogens (tertiary/aromatic N) is 4. The number of hydrogen-bond acceptors (Lipinski definition) is 4. The quantitative estimate of drug-likeness (QED) is 0.770. The molecule has 1 aliphatic carbocycles. The first-order valence-corrected chi connectivity index (χ1v) is 10.3. The highest BCUT2D eigenvalue weighted by atomic mass is 16.5. The molecule has 28 heavy (non-hydrogen) atoms. The summed E-state index contributed by atoms with van der Waals surface area (Å²) in [5.41, 5.74) is 2.75. The van der Waals surface area contributed by atoms with Gasteiger partial charge in [0.25, 0.3) is 5.91 Å². The summed E-state index contributed by atoms with van der Waals surface area (Å²) in [4.78, 5) is 17.3. The summed E-state index contributed by atoms with van der Waals surface area (Å²) in [5, 5.41) is 4.45. The monoisotopic (exact) mass is 382 g/mol. The van der Waals surface area contributed by atoms with Gasteiger partial charge in [-0.05, 0) is 68.8 Å². The Kier molecular flexibility index (Phi) is 5.67. The van der Waals surface area contributed by atoms with Crippen molar-refractivity contribution in [2.24, 2.45) is 5.92 Å². The number of ether oxygens (including phenoxy) is 1. The topological polar surface area (TPSA) is 50.6 Å². The fraction of sp³-hybridized carbons (Fsp3) is 0.545. The summed E-state index contributed by atoms with van der Waals surface area (Å²) >= 11 is 0. The van der Waals surface area contributed by atoms with Gasteiger partial charge in [-0.3, -0.25) is 4.79 Å². The van der Waals surface area contributed by atoms with E-state index in [2.05, 4.69) is 22.1 Å². The molecule has 2 fully saturated rings. The molecule has 0 unspecified atom stereocenters. The molecule has 0 bridgehead atoms. The molecule has 1 saturated heterocycles. The molecule has 6 heteroatoms. The average molecular weight is 383 g/mol. The third-order valence-electron chi connectivity index (χ3n) is 5.64. The van der Waals surface area contributed by atoms with Gasteiger partial charge in [0.1, 0.15) is 5.75 Å². The number of aromatic nitrogens is 2. The Hall–Kier alpha value is -2.34. The second-order valence-corrected chi connectivity index (χ2v) is 8.17. The summed E-state index contributed by atoms with van der Waals surface area (Å²) in [6.07, 6.45) is 5.60. The molecule has 6 nitrogen and oxygen atoms in total. The number of carbonyl (C=O) groups is 1. The molecule has 2 aliphatic rings. The SMILES string of the molecule is Cc1ccc(C)c(OCn2ccc(C(=O)N3CCCN(CC4CC4)CC3)n2)c1. The summed E-state index contributed by atoms with van der Waals surface area (Å²) in [6.45, 7) is 9.24. The predicted octanol–water partition coefficient (Wildman–Crippen LogP) is 3.09. The van der Waals surface area contributed by atoms with E-state index in [9.17, 15) is 4.79 Å². The number of aryl methyl sites for hydroxylation is 2. The molecule has 1 aromatic heterocycles. The number of carbonyl (C=O) groups excluding carboxylic acids is 1. The van der Waals surface area contributed by atoms with Gasteiger partial charge in [0, 0.05) is 32.4 Å². The normalized spacial score (nSPS) is 18.1. The zero-order valence-electron chi connectivity index (χ0n) is 16.9. The minimum Gasteiger partial charge on any atom is -0.471 e. The fourth-order valence-corrected chi connectivity index (χ4v) is 3.73. The van der Waals surface area contributed by atoms with Crippen LogP contribution in [0.4, 0.5) is 0 Å². The first-order valence-electron chi connectivity index (χ1n) is 10.3. The van der Waals surface area contributed by atoms with Crippen LogP contribution in [0, 0.1) is 19.8 Å². The van der Waals surface area contributed by atoms with Crippen LogP contribution in [0.25, 0.3) is 0 Å². The lowest BCUT2D eigenvalue weighted by atomic mass is 10.1. The zero-order chi connectivity index (χ0) is 19.5. The van der Waals surface area contributed by atoms with Crippen LogP contribution < -0.4 is 4.74 Å². The smallest absolute Gasteiger partial charge is 0.274 e. The first kappa shape index (κ1) is 19.0. The van der Waals surface area contributed by atoms with Gasteiger partial charge in [-0.15, -0.1) is 0 Å². The van der Waals surface area contributed by atoms with Gasteiger partial charge >= 0.3 is 0 Å². The number of hydrogen-bond donors (Lipinski definition) is 0. The van der Waals surface area contributed by atoms with Gasteiger partial charge in [0.15, 0.2) is 12.4 Å². The Balaban J connectivity index is 1.32. The Morgan fingerprint density at radius 3 is 2.82 bits per heavy atom. The van der Waals surface area contributed by atoms with Crippen molar-refractivity contribution in [1.29, 1.82) is 0 Å². The molecule has 1 amide bonds. The van der Waals surface area contributed by atoms with Crippen LogP contribution in [-0.2, 0) is 6.73 Å². The van der Waals surface area contributed by atoms with E-state index in [4.69, 9.17) is 4.74 Å². The number of rotatable bonds is 6. The Morgan fingerprint density at radius 2 is 2.00 bits per heavy atom. The van der Waals surface area contributed by atoms with Gasteiger partial charge in [-0.2, -0.15) is 5.10 Å². The Labute approximate surface area is 167 Å². The Bertz CT molecular complexity index is 828. The van der Waals surface area contributed by atoms with E-state index in [1.54, 1.807) is 10.7 Å². The average Bonchev–Trinajstić information content (AvgIpc) is 3.43. The van der Waals surface area contributed by atoms with Crippen LogP contribution in [0.1, 0.15) is 40.9 Å². The maximum absolute atomic E-state index is 12.9. The van der Waals surface area contributed by atoms with E-state index in [0.717, 1.165) is 55.4 Å². The van der Waals surface area contributed by atoms with Crippen molar-refractivity contribution in [1.82, 2.24) is 19.6 Å². The van der Waals surface area contributed by atoms with E-state index in [-0.39, 0.29) is 5.91 Å². The summed E-state index contributed by atoms with van der Waals surface area (Å²) in [5.74, 6) is 1.78. The Morgan fingerprint density at radius 1 is 1.14 bits per heavy atom. The highest BCUT2D eigenvalue weighted by Gasteiger charge is 2.27. The fourth-order valence-electron chi connectivity index (χ4n) is 3.73. The molecule has 0 atom stereocenters. The largest absolute Gasteiger partial charge is 0.471 e. The second kappa shape index (κ2) is 8.35. The molecule has 2 heterocycles. The molecular weight excluding hydrogens is 352 g/mol. The van der Waals surface area contributed by atoms with Crippen LogP contribution in [-0.4, -0.2) is 58.2 Å². The molecule has 1 saturated carbocycles. The van der Waals surface area contributed by atoms with Crippen molar-refractivity contribution in [2.75, 3.05) is 32.7 Å². The second-order valence-electron chi connectivity index (χ2n) is 8.17. The van der Waals surface area contributed by atoms with E-state index in [1.807, 2.05) is 31.0 Å². The number of benzene rings is 1. The van der Waals surface area contributed by atoms with Crippen molar-refractivity contribution >= 4 is 5.91 Å². The summed E-state index contributed by atoms with van der Waals surface area (Å²) < 4.78 is 7.57. The number of amides is 1. The molecule has 150 valence electrons. The van der Waals surface area contributed by atoms with Gasteiger partial charge in [0.2, 0.25) is 0 Å². The lowest BCUT2D eigenvalue weighted by Crippen LogP contribution is -2.36. The molecule has 1 aromatic carbocycles. The predicted molar refractivity (Wildman–Crippen MR) is 108 cm³/mol. The van der Waals surface area contributed by atoms with Crippen molar-refractivity contribution in [3.63, 3.8) is 0 Å². The molecule has 0 radical (unpaired) electrons. The molecular formula is C22H30N4O2. The minimum atomic E-state index is 0.0266. The zero-order valence-corrected chi connectivity index (χ0v) is 16.9. The van der Waals surface area contributed by atoms with E-state index >= 15 is 0 Å².